The third-order valence-corrected chi connectivity index (χ3v) is 3.77. The maximum atomic E-state index is 12.2. The minimum Gasteiger partial charge on any atom is -0.351 e. The van der Waals surface area contributed by atoms with Gasteiger partial charge in [-0.25, -0.2) is 9.97 Å². The Morgan fingerprint density at radius 2 is 2.00 bits per heavy atom. The molecule has 1 amide bonds. The van der Waals surface area contributed by atoms with Crippen LogP contribution in [-0.4, -0.2) is 28.5 Å². The van der Waals surface area contributed by atoms with Gasteiger partial charge in [0.05, 0.1) is 0 Å². The van der Waals surface area contributed by atoms with Crippen molar-refractivity contribution < 1.29 is 4.79 Å². The fourth-order valence-electron chi connectivity index (χ4n) is 2.39. The van der Waals surface area contributed by atoms with Gasteiger partial charge in [0.1, 0.15) is 5.69 Å². The second-order valence-electron chi connectivity index (χ2n) is 5.98. The molecule has 1 aromatic heterocycles. The second kappa shape index (κ2) is 7.22. The lowest BCUT2D eigenvalue weighted by molar-refractivity contribution is 0.0948. The average Bonchev–Trinajstić information content (AvgIpc) is 3.36. The average molecular weight is 310 g/mol. The molecule has 0 unspecified atom stereocenters. The summed E-state index contributed by atoms with van der Waals surface area (Å²) in [5.74, 6) is 0.421. The highest BCUT2D eigenvalue weighted by atomic mass is 16.1. The van der Waals surface area contributed by atoms with E-state index < -0.39 is 0 Å². The monoisotopic (exact) mass is 310 g/mol. The minimum atomic E-state index is -0.137. The van der Waals surface area contributed by atoms with Crippen LogP contribution in [0.15, 0.2) is 36.4 Å². The van der Waals surface area contributed by atoms with Gasteiger partial charge in [0.2, 0.25) is 5.95 Å². The summed E-state index contributed by atoms with van der Waals surface area (Å²) < 4.78 is 0. The van der Waals surface area contributed by atoms with Crippen LogP contribution in [0.25, 0.3) is 0 Å². The number of anilines is 1. The van der Waals surface area contributed by atoms with Gasteiger partial charge in [0, 0.05) is 18.3 Å². The van der Waals surface area contributed by atoms with Crippen LogP contribution in [0.1, 0.15) is 41.0 Å². The standard InChI is InChI=1S/C18H22N4O/c1-13-12-16(22-18(20-13)21-15-9-10-15)17(23)19-11-5-8-14-6-3-2-4-7-14/h2-4,6-7,12,15H,5,8-11H2,1H3,(H,19,23)(H,20,21,22). The molecule has 3 rings (SSSR count). The molecular formula is C18H22N4O. The maximum absolute atomic E-state index is 12.2. The van der Waals surface area contributed by atoms with Gasteiger partial charge in [-0.15, -0.1) is 0 Å². The number of hydrogen-bond donors (Lipinski definition) is 2. The van der Waals surface area contributed by atoms with Crippen molar-refractivity contribution in [3.05, 3.63) is 53.3 Å². The SMILES string of the molecule is Cc1cc(C(=O)NCCCc2ccccc2)nc(NC2CC2)n1. The lowest BCUT2D eigenvalue weighted by Gasteiger charge is -2.08. The summed E-state index contributed by atoms with van der Waals surface area (Å²) in [6, 6.07) is 12.5. The predicted octanol–water partition coefficient (Wildman–Crippen LogP) is 2.72. The first-order valence-corrected chi connectivity index (χ1v) is 8.15. The Labute approximate surface area is 136 Å². The number of carbonyl (C=O) groups is 1. The fraction of sp³-hybridized carbons (Fsp3) is 0.389. The van der Waals surface area contributed by atoms with Crippen molar-refractivity contribution in [3.63, 3.8) is 0 Å². The number of nitrogens with zero attached hydrogens (tertiary/aromatic N) is 2. The van der Waals surface area contributed by atoms with Crippen molar-refractivity contribution in [2.75, 3.05) is 11.9 Å². The van der Waals surface area contributed by atoms with Gasteiger partial charge in [-0.2, -0.15) is 0 Å². The van der Waals surface area contributed by atoms with Gasteiger partial charge >= 0.3 is 0 Å². The molecule has 2 N–H and O–H groups in total. The predicted molar refractivity (Wildman–Crippen MR) is 90.5 cm³/mol. The van der Waals surface area contributed by atoms with E-state index in [4.69, 9.17) is 0 Å². The molecule has 0 radical (unpaired) electrons. The molecule has 23 heavy (non-hydrogen) atoms. The molecular weight excluding hydrogens is 288 g/mol. The van der Waals surface area contributed by atoms with Gasteiger partial charge in [-0.3, -0.25) is 4.79 Å². The largest absolute Gasteiger partial charge is 0.351 e. The quantitative estimate of drug-likeness (QED) is 0.772. The van der Waals surface area contributed by atoms with Crippen molar-refractivity contribution in [3.8, 4) is 0 Å². The molecule has 1 aliphatic rings. The Hall–Kier alpha value is -2.43. The number of aromatic nitrogens is 2. The molecule has 0 spiro atoms. The molecule has 1 heterocycles. The molecule has 0 saturated heterocycles. The number of benzene rings is 1. The first-order chi connectivity index (χ1) is 11.2. The Bertz CT molecular complexity index is 668. The van der Waals surface area contributed by atoms with E-state index in [1.54, 1.807) is 6.07 Å². The molecule has 5 heteroatoms. The van der Waals surface area contributed by atoms with E-state index >= 15 is 0 Å². The van der Waals surface area contributed by atoms with E-state index in [0.29, 0.717) is 24.2 Å². The highest BCUT2D eigenvalue weighted by Gasteiger charge is 2.22. The van der Waals surface area contributed by atoms with Crippen LogP contribution in [0, 0.1) is 6.92 Å². The molecule has 0 aliphatic heterocycles. The number of hydrogen-bond acceptors (Lipinski definition) is 4. The third kappa shape index (κ3) is 4.77. The lowest BCUT2D eigenvalue weighted by atomic mass is 10.1. The molecule has 120 valence electrons. The normalized spacial score (nSPS) is 13.6. The van der Waals surface area contributed by atoms with Crippen LogP contribution in [0.5, 0.6) is 0 Å². The summed E-state index contributed by atoms with van der Waals surface area (Å²) in [5, 5.41) is 6.17. The summed E-state index contributed by atoms with van der Waals surface area (Å²) in [6.45, 7) is 2.52. The smallest absolute Gasteiger partial charge is 0.270 e. The third-order valence-electron chi connectivity index (χ3n) is 3.77. The van der Waals surface area contributed by atoms with Gasteiger partial charge in [0.25, 0.3) is 5.91 Å². The molecule has 0 atom stereocenters. The number of nitrogens with one attached hydrogen (secondary N) is 2. The minimum absolute atomic E-state index is 0.137. The van der Waals surface area contributed by atoms with Crippen LogP contribution in [0.2, 0.25) is 0 Å². The molecule has 0 bridgehead atoms. The maximum Gasteiger partial charge on any atom is 0.270 e. The summed E-state index contributed by atoms with van der Waals surface area (Å²) in [5.41, 5.74) is 2.52. The number of rotatable bonds is 7. The zero-order valence-electron chi connectivity index (χ0n) is 13.4. The van der Waals surface area contributed by atoms with Crippen LogP contribution >= 0.6 is 0 Å². The van der Waals surface area contributed by atoms with Crippen LogP contribution in [0.4, 0.5) is 5.95 Å². The summed E-state index contributed by atoms with van der Waals surface area (Å²) in [7, 11) is 0. The number of amides is 1. The summed E-state index contributed by atoms with van der Waals surface area (Å²) >= 11 is 0. The molecule has 1 fully saturated rings. The first kappa shape index (κ1) is 15.5. The second-order valence-corrected chi connectivity index (χ2v) is 5.98. The van der Waals surface area contributed by atoms with Crippen molar-refractivity contribution in [1.82, 2.24) is 15.3 Å². The summed E-state index contributed by atoms with van der Waals surface area (Å²) in [6.07, 6.45) is 4.17. The van der Waals surface area contributed by atoms with Crippen LogP contribution < -0.4 is 10.6 Å². The Morgan fingerprint density at radius 3 is 2.74 bits per heavy atom. The van der Waals surface area contributed by atoms with Crippen LogP contribution in [0.3, 0.4) is 0 Å². The first-order valence-electron chi connectivity index (χ1n) is 8.15. The van der Waals surface area contributed by atoms with Crippen LogP contribution in [-0.2, 0) is 6.42 Å². The van der Waals surface area contributed by atoms with Gasteiger partial charge in [-0.1, -0.05) is 30.3 Å². The zero-order valence-corrected chi connectivity index (χ0v) is 13.4. The zero-order chi connectivity index (χ0) is 16.1. The van der Waals surface area contributed by atoms with Gasteiger partial charge in [-0.05, 0) is 44.2 Å². The number of aryl methyl sites for hydroxylation is 2. The highest BCUT2D eigenvalue weighted by Crippen LogP contribution is 2.23. The summed E-state index contributed by atoms with van der Waals surface area (Å²) in [4.78, 5) is 20.9. The molecule has 5 nitrogen and oxygen atoms in total. The van der Waals surface area contributed by atoms with E-state index in [2.05, 4.69) is 32.7 Å². The van der Waals surface area contributed by atoms with Crippen molar-refractivity contribution in [2.24, 2.45) is 0 Å². The lowest BCUT2D eigenvalue weighted by Crippen LogP contribution is -2.26. The van der Waals surface area contributed by atoms with Crippen molar-refractivity contribution in [2.45, 2.75) is 38.6 Å². The van der Waals surface area contributed by atoms with E-state index in [1.807, 2.05) is 25.1 Å². The molecule has 1 aromatic carbocycles. The van der Waals surface area contributed by atoms with Crippen molar-refractivity contribution >= 4 is 11.9 Å². The van der Waals surface area contributed by atoms with E-state index in [-0.39, 0.29) is 5.91 Å². The Kier molecular flexibility index (Phi) is 4.86. The highest BCUT2D eigenvalue weighted by molar-refractivity contribution is 5.92. The Balaban J connectivity index is 1.50. The van der Waals surface area contributed by atoms with E-state index in [1.165, 1.54) is 5.56 Å². The fourth-order valence-corrected chi connectivity index (χ4v) is 2.39. The molecule has 1 aliphatic carbocycles. The molecule has 1 saturated carbocycles. The Morgan fingerprint density at radius 1 is 1.22 bits per heavy atom. The number of carbonyl (C=O) groups excluding carboxylic acids is 1. The van der Waals surface area contributed by atoms with Crippen molar-refractivity contribution in [1.29, 1.82) is 0 Å². The topological polar surface area (TPSA) is 66.9 Å². The van der Waals surface area contributed by atoms with E-state index in [9.17, 15) is 4.79 Å². The molecule has 2 aromatic rings. The van der Waals surface area contributed by atoms with Gasteiger partial charge in [0.15, 0.2) is 0 Å². The van der Waals surface area contributed by atoms with Gasteiger partial charge < -0.3 is 10.6 Å². The van der Waals surface area contributed by atoms with E-state index in [0.717, 1.165) is 31.4 Å².